The van der Waals surface area contributed by atoms with Gasteiger partial charge in [0.2, 0.25) is 10.0 Å². The number of hydrogen-bond acceptors (Lipinski definition) is 3. The molecule has 0 aromatic rings. The fourth-order valence-corrected chi connectivity index (χ4v) is 4.26. The summed E-state index contributed by atoms with van der Waals surface area (Å²) in [4.78, 5) is 2.42. The Kier molecular flexibility index (Phi) is 3.65. The van der Waals surface area contributed by atoms with Gasteiger partial charge in [-0.05, 0) is 44.1 Å². The molecule has 4 nitrogen and oxygen atoms in total. The lowest BCUT2D eigenvalue weighted by molar-refractivity contribution is 0.318. The predicted molar refractivity (Wildman–Crippen MR) is 71.8 cm³/mol. The van der Waals surface area contributed by atoms with Crippen LogP contribution in [0, 0.1) is 11.8 Å². The second kappa shape index (κ2) is 5.10. The van der Waals surface area contributed by atoms with E-state index in [0.29, 0.717) is 11.7 Å². The van der Waals surface area contributed by atoms with E-state index in [0.717, 1.165) is 31.8 Å². The fraction of sp³-hybridized carbons (Fsp3) is 1.00. The minimum Gasteiger partial charge on any atom is -0.301 e. The van der Waals surface area contributed by atoms with Gasteiger partial charge in [0, 0.05) is 19.1 Å². The summed E-state index contributed by atoms with van der Waals surface area (Å²) in [5.74, 6) is 1.92. The van der Waals surface area contributed by atoms with Crippen LogP contribution in [-0.2, 0) is 10.0 Å². The Morgan fingerprint density at radius 3 is 2.44 bits per heavy atom. The molecule has 3 fully saturated rings. The van der Waals surface area contributed by atoms with Crippen LogP contribution in [-0.4, -0.2) is 44.7 Å². The molecule has 1 unspecified atom stereocenters. The molecule has 0 radical (unpaired) electrons. The summed E-state index contributed by atoms with van der Waals surface area (Å²) in [5.41, 5.74) is 0. The summed E-state index contributed by atoms with van der Waals surface area (Å²) in [6.07, 6.45) is 7.04. The van der Waals surface area contributed by atoms with Gasteiger partial charge in [0.1, 0.15) is 0 Å². The van der Waals surface area contributed by atoms with Crippen molar-refractivity contribution in [2.45, 2.75) is 44.6 Å². The molecule has 1 aliphatic heterocycles. The third kappa shape index (κ3) is 3.93. The zero-order chi connectivity index (χ0) is 12.6. The number of likely N-dealkylation sites (tertiary alicyclic amines) is 1. The van der Waals surface area contributed by atoms with Crippen molar-refractivity contribution >= 4 is 10.0 Å². The van der Waals surface area contributed by atoms with Crippen molar-refractivity contribution < 1.29 is 8.42 Å². The maximum absolute atomic E-state index is 11.9. The molecule has 104 valence electrons. The predicted octanol–water partition coefficient (Wildman–Crippen LogP) is 1.19. The minimum absolute atomic E-state index is 0.160. The van der Waals surface area contributed by atoms with Crippen LogP contribution in [0.25, 0.3) is 0 Å². The highest BCUT2D eigenvalue weighted by Crippen LogP contribution is 2.33. The van der Waals surface area contributed by atoms with Gasteiger partial charge < -0.3 is 4.90 Å². The second-order valence-corrected chi connectivity index (χ2v) is 8.23. The number of hydrogen-bond donors (Lipinski definition) is 1. The average molecular weight is 272 g/mol. The van der Waals surface area contributed by atoms with E-state index in [4.69, 9.17) is 0 Å². The van der Waals surface area contributed by atoms with Gasteiger partial charge in [0.25, 0.3) is 0 Å². The van der Waals surface area contributed by atoms with Crippen LogP contribution in [0.5, 0.6) is 0 Å². The lowest BCUT2D eigenvalue weighted by atomic mass is 10.3. The number of sulfonamides is 1. The molecule has 0 bridgehead atoms. The number of rotatable bonds is 7. The summed E-state index contributed by atoms with van der Waals surface area (Å²) in [5, 5.41) is 0. The van der Waals surface area contributed by atoms with E-state index >= 15 is 0 Å². The van der Waals surface area contributed by atoms with Gasteiger partial charge in [0.15, 0.2) is 0 Å². The Morgan fingerprint density at radius 2 is 1.78 bits per heavy atom. The molecule has 0 spiro atoms. The molecule has 5 heteroatoms. The maximum Gasteiger partial charge on any atom is 0.211 e. The highest BCUT2D eigenvalue weighted by Gasteiger charge is 2.31. The first-order valence-corrected chi connectivity index (χ1v) is 8.98. The Morgan fingerprint density at radius 1 is 1.06 bits per heavy atom. The first kappa shape index (κ1) is 12.9. The Balaban J connectivity index is 1.41. The molecule has 3 rings (SSSR count). The van der Waals surface area contributed by atoms with Crippen LogP contribution in [0.15, 0.2) is 0 Å². The number of nitrogens with zero attached hydrogens (tertiary/aromatic N) is 1. The molecular formula is C13H24N2O2S. The van der Waals surface area contributed by atoms with E-state index in [2.05, 4.69) is 9.62 Å². The fourth-order valence-electron chi connectivity index (χ4n) is 2.80. The molecule has 1 N–H and O–H groups in total. The van der Waals surface area contributed by atoms with Crippen molar-refractivity contribution in [3.05, 3.63) is 0 Å². The molecule has 2 saturated carbocycles. The van der Waals surface area contributed by atoms with Gasteiger partial charge >= 0.3 is 0 Å². The van der Waals surface area contributed by atoms with E-state index in [9.17, 15) is 8.42 Å². The largest absolute Gasteiger partial charge is 0.301 e. The second-order valence-electron chi connectivity index (χ2n) is 6.36. The molecule has 1 atom stereocenters. The molecule has 0 aromatic heterocycles. The lowest BCUT2D eigenvalue weighted by Crippen LogP contribution is -2.38. The highest BCUT2D eigenvalue weighted by molar-refractivity contribution is 7.89. The minimum atomic E-state index is -3.03. The first-order chi connectivity index (χ1) is 8.61. The quantitative estimate of drug-likeness (QED) is 0.757. The van der Waals surface area contributed by atoms with Gasteiger partial charge in [-0.2, -0.15) is 0 Å². The topological polar surface area (TPSA) is 49.4 Å². The van der Waals surface area contributed by atoms with Crippen molar-refractivity contribution in [1.82, 2.24) is 9.62 Å². The Labute approximate surface area is 110 Å². The average Bonchev–Trinajstić information content (AvgIpc) is 3.19. The van der Waals surface area contributed by atoms with Crippen LogP contribution in [0.3, 0.4) is 0 Å². The van der Waals surface area contributed by atoms with Crippen LogP contribution in [0.4, 0.5) is 0 Å². The normalized spacial score (nSPS) is 29.9. The van der Waals surface area contributed by atoms with Crippen LogP contribution in [0.2, 0.25) is 0 Å². The van der Waals surface area contributed by atoms with Gasteiger partial charge in [-0.15, -0.1) is 0 Å². The van der Waals surface area contributed by atoms with E-state index in [-0.39, 0.29) is 6.04 Å². The van der Waals surface area contributed by atoms with E-state index in [1.807, 2.05) is 0 Å². The summed E-state index contributed by atoms with van der Waals surface area (Å²) >= 11 is 0. The number of nitrogens with one attached hydrogen (secondary N) is 1. The highest BCUT2D eigenvalue weighted by atomic mass is 32.2. The smallest absolute Gasteiger partial charge is 0.211 e. The molecule has 0 amide bonds. The van der Waals surface area contributed by atoms with Gasteiger partial charge in [-0.3, -0.25) is 0 Å². The van der Waals surface area contributed by atoms with Crippen molar-refractivity contribution in [3.63, 3.8) is 0 Å². The van der Waals surface area contributed by atoms with E-state index in [1.54, 1.807) is 0 Å². The third-order valence-electron chi connectivity index (χ3n) is 4.32. The Hall–Kier alpha value is -0.130. The summed E-state index contributed by atoms with van der Waals surface area (Å²) in [7, 11) is -3.03. The standard InChI is InChI=1S/C13H24N2O2S/c16-18(17,8-6-11-1-2-11)14-13-5-7-15(10-13)9-12-3-4-12/h11-14H,1-10H2. The van der Waals surface area contributed by atoms with Crippen LogP contribution >= 0.6 is 0 Å². The van der Waals surface area contributed by atoms with E-state index in [1.165, 1.54) is 32.2 Å². The molecular weight excluding hydrogens is 248 g/mol. The summed E-state index contributed by atoms with van der Waals surface area (Å²) < 4.78 is 26.8. The SMILES string of the molecule is O=S(=O)(CCC1CC1)NC1CCN(CC2CC2)C1. The van der Waals surface area contributed by atoms with Crippen molar-refractivity contribution in [1.29, 1.82) is 0 Å². The zero-order valence-corrected chi connectivity index (χ0v) is 11.8. The Bertz CT molecular complexity index is 388. The van der Waals surface area contributed by atoms with Crippen molar-refractivity contribution in [3.8, 4) is 0 Å². The molecule has 3 aliphatic rings. The van der Waals surface area contributed by atoms with Gasteiger partial charge in [-0.25, -0.2) is 13.1 Å². The lowest BCUT2D eigenvalue weighted by Gasteiger charge is -2.16. The van der Waals surface area contributed by atoms with Gasteiger partial charge in [0.05, 0.1) is 5.75 Å². The summed E-state index contributed by atoms with van der Waals surface area (Å²) in [6, 6.07) is 0.160. The first-order valence-electron chi connectivity index (χ1n) is 7.33. The summed E-state index contributed by atoms with van der Waals surface area (Å²) in [6.45, 7) is 3.16. The third-order valence-corrected chi connectivity index (χ3v) is 5.79. The zero-order valence-electron chi connectivity index (χ0n) is 11.0. The van der Waals surface area contributed by atoms with Gasteiger partial charge in [-0.1, -0.05) is 12.8 Å². The molecule has 2 aliphatic carbocycles. The molecule has 1 saturated heterocycles. The van der Waals surface area contributed by atoms with E-state index < -0.39 is 10.0 Å². The molecule has 1 heterocycles. The van der Waals surface area contributed by atoms with Crippen LogP contribution < -0.4 is 4.72 Å². The molecule has 0 aromatic carbocycles. The molecule has 18 heavy (non-hydrogen) atoms. The maximum atomic E-state index is 11.9. The van der Waals surface area contributed by atoms with Crippen molar-refractivity contribution in [2.75, 3.05) is 25.4 Å². The van der Waals surface area contributed by atoms with Crippen molar-refractivity contribution in [2.24, 2.45) is 11.8 Å². The monoisotopic (exact) mass is 272 g/mol. The van der Waals surface area contributed by atoms with Crippen LogP contribution in [0.1, 0.15) is 38.5 Å².